The van der Waals surface area contributed by atoms with Crippen LogP contribution in [0.3, 0.4) is 0 Å². The summed E-state index contributed by atoms with van der Waals surface area (Å²) in [5.74, 6) is 5.67. The average molecular weight is 310 g/mol. The first-order chi connectivity index (χ1) is 9.92. The first kappa shape index (κ1) is 14.7. The number of nitrogens with one attached hydrogen (secondary N) is 1. The molecule has 2 atom stereocenters. The van der Waals surface area contributed by atoms with Crippen molar-refractivity contribution in [3.8, 4) is 0 Å². The second kappa shape index (κ2) is 7.69. The van der Waals surface area contributed by atoms with Gasteiger partial charge in [0.05, 0.1) is 13.2 Å². The second-order valence-electron chi connectivity index (χ2n) is 5.48. The lowest BCUT2D eigenvalue weighted by Gasteiger charge is -2.24. The van der Waals surface area contributed by atoms with Crippen molar-refractivity contribution in [3.05, 3.63) is 30.1 Å². The molecule has 3 nitrogen and oxygen atoms in total. The van der Waals surface area contributed by atoms with Gasteiger partial charge in [0.25, 0.3) is 0 Å². The van der Waals surface area contributed by atoms with Gasteiger partial charge in [-0.25, -0.2) is 0 Å². The Morgan fingerprint density at radius 3 is 2.65 bits per heavy atom. The number of rotatable bonds is 4. The summed E-state index contributed by atoms with van der Waals surface area (Å²) in [6.07, 6.45) is 4.85. The molecule has 3 rings (SSSR count). The molecule has 0 unspecified atom stereocenters. The van der Waals surface area contributed by atoms with Crippen LogP contribution in [-0.4, -0.2) is 53.3 Å². The Bertz CT molecular complexity index is 396. The monoisotopic (exact) mass is 310 g/mol. The molecular weight excluding hydrogens is 288 g/mol. The highest BCUT2D eigenvalue weighted by atomic mass is 32.2. The SMILES string of the molecule is c1cc(C[C@@H]2COC[C@H]2NC2CSCCSC2)ccn1. The molecule has 0 bridgehead atoms. The molecule has 0 saturated carbocycles. The summed E-state index contributed by atoms with van der Waals surface area (Å²) in [7, 11) is 0. The van der Waals surface area contributed by atoms with Crippen LogP contribution in [-0.2, 0) is 11.2 Å². The zero-order chi connectivity index (χ0) is 13.6. The summed E-state index contributed by atoms with van der Waals surface area (Å²) < 4.78 is 5.72. The average Bonchev–Trinajstić information content (AvgIpc) is 2.74. The molecule has 1 aromatic rings. The van der Waals surface area contributed by atoms with Gasteiger partial charge in [0.1, 0.15) is 0 Å². The summed E-state index contributed by atoms with van der Waals surface area (Å²) in [6.45, 7) is 1.74. The lowest BCUT2D eigenvalue weighted by molar-refractivity contribution is 0.182. The van der Waals surface area contributed by atoms with Crippen LogP contribution < -0.4 is 5.32 Å². The Labute approximate surface area is 129 Å². The normalized spacial score (nSPS) is 28.4. The number of nitrogens with zero attached hydrogens (tertiary/aromatic N) is 1. The van der Waals surface area contributed by atoms with Crippen LogP contribution in [0.25, 0.3) is 0 Å². The Balaban J connectivity index is 1.55. The number of aromatic nitrogens is 1. The molecule has 0 aromatic carbocycles. The van der Waals surface area contributed by atoms with E-state index in [0.717, 1.165) is 19.6 Å². The van der Waals surface area contributed by atoms with Crippen molar-refractivity contribution < 1.29 is 4.74 Å². The van der Waals surface area contributed by atoms with Crippen molar-refractivity contribution in [1.82, 2.24) is 10.3 Å². The van der Waals surface area contributed by atoms with Crippen LogP contribution in [0.4, 0.5) is 0 Å². The quantitative estimate of drug-likeness (QED) is 0.921. The maximum atomic E-state index is 5.72. The fourth-order valence-corrected chi connectivity index (χ4v) is 5.24. The van der Waals surface area contributed by atoms with E-state index in [9.17, 15) is 0 Å². The van der Waals surface area contributed by atoms with Gasteiger partial charge in [0.15, 0.2) is 0 Å². The number of hydrogen-bond donors (Lipinski definition) is 1. The van der Waals surface area contributed by atoms with Gasteiger partial charge in [-0.2, -0.15) is 23.5 Å². The highest BCUT2D eigenvalue weighted by Crippen LogP contribution is 2.22. The van der Waals surface area contributed by atoms with E-state index < -0.39 is 0 Å². The zero-order valence-corrected chi connectivity index (χ0v) is 13.3. The van der Waals surface area contributed by atoms with Gasteiger partial charge >= 0.3 is 0 Å². The van der Waals surface area contributed by atoms with Crippen molar-refractivity contribution in [2.24, 2.45) is 5.92 Å². The van der Waals surface area contributed by atoms with Crippen molar-refractivity contribution in [1.29, 1.82) is 0 Å². The molecule has 0 amide bonds. The standard InChI is InChI=1S/C15H22N2OS2/c1-3-16-4-2-12(1)7-13-8-18-9-15(13)17-14-10-19-5-6-20-11-14/h1-4,13-15,17H,5-11H2/t13-,15-/m1/s1. The first-order valence-corrected chi connectivity index (χ1v) is 9.61. The van der Waals surface area contributed by atoms with Gasteiger partial charge in [-0.1, -0.05) is 0 Å². The lowest BCUT2D eigenvalue weighted by atomic mass is 9.95. The smallest absolute Gasteiger partial charge is 0.0623 e. The van der Waals surface area contributed by atoms with E-state index in [2.05, 4.69) is 46.0 Å². The molecule has 3 heterocycles. The number of thioether (sulfide) groups is 2. The third-order valence-corrected chi connectivity index (χ3v) is 6.43. The zero-order valence-electron chi connectivity index (χ0n) is 11.7. The minimum absolute atomic E-state index is 0.507. The minimum atomic E-state index is 0.507. The maximum absolute atomic E-state index is 5.72. The van der Waals surface area contributed by atoms with Crippen molar-refractivity contribution in [2.45, 2.75) is 18.5 Å². The Morgan fingerprint density at radius 2 is 1.90 bits per heavy atom. The number of hydrogen-bond acceptors (Lipinski definition) is 5. The summed E-state index contributed by atoms with van der Waals surface area (Å²) in [5, 5.41) is 3.85. The van der Waals surface area contributed by atoms with Gasteiger partial charge in [-0.15, -0.1) is 0 Å². The summed E-state index contributed by atoms with van der Waals surface area (Å²) in [6, 6.07) is 5.38. The number of ether oxygens (including phenoxy) is 1. The predicted molar refractivity (Wildman–Crippen MR) is 87.6 cm³/mol. The van der Waals surface area contributed by atoms with Crippen molar-refractivity contribution in [2.75, 3.05) is 36.2 Å². The Hall–Kier alpha value is -0.230. The molecule has 0 aliphatic carbocycles. The molecule has 2 aliphatic rings. The van der Waals surface area contributed by atoms with Crippen LogP contribution in [0.1, 0.15) is 5.56 Å². The molecule has 0 spiro atoms. The topological polar surface area (TPSA) is 34.1 Å². The number of pyridine rings is 1. The van der Waals surface area contributed by atoms with E-state index in [0.29, 0.717) is 18.0 Å². The molecule has 2 fully saturated rings. The van der Waals surface area contributed by atoms with Gasteiger partial charge in [-0.3, -0.25) is 4.98 Å². The summed E-state index contributed by atoms with van der Waals surface area (Å²) in [5.41, 5.74) is 1.37. The van der Waals surface area contributed by atoms with Crippen LogP contribution >= 0.6 is 23.5 Å². The van der Waals surface area contributed by atoms with Crippen LogP contribution in [0.2, 0.25) is 0 Å². The molecule has 5 heteroatoms. The highest BCUT2D eigenvalue weighted by molar-refractivity contribution is 8.03. The van der Waals surface area contributed by atoms with E-state index in [1.807, 2.05) is 12.4 Å². The summed E-state index contributed by atoms with van der Waals surface area (Å²) >= 11 is 4.16. The Kier molecular flexibility index (Phi) is 5.65. The first-order valence-electron chi connectivity index (χ1n) is 7.30. The Morgan fingerprint density at radius 1 is 1.15 bits per heavy atom. The van der Waals surface area contributed by atoms with Crippen LogP contribution in [0.15, 0.2) is 24.5 Å². The summed E-state index contributed by atoms with van der Waals surface area (Å²) in [4.78, 5) is 4.09. The van der Waals surface area contributed by atoms with Gasteiger partial charge in [0, 0.05) is 53.4 Å². The van der Waals surface area contributed by atoms with E-state index in [1.54, 1.807) is 0 Å². The molecule has 1 N–H and O–H groups in total. The van der Waals surface area contributed by atoms with E-state index in [4.69, 9.17) is 4.74 Å². The largest absolute Gasteiger partial charge is 0.379 e. The molecule has 110 valence electrons. The third-order valence-electron chi connectivity index (χ3n) is 3.91. The van der Waals surface area contributed by atoms with Gasteiger partial charge < -0.3 is 10.1 Å². The molecular formula is C15H22N2OS2. The molecule has 1 aromatic heterocycles. The second-order valence-corrected chi connectivity index (χ2v) is 7.78. The van der Waals surface area contributed by atoms with Crippen molar-refractivity contribution >= 4 is 23.5 Å². The third kappa shape index (κ3) is 4.13. The minimum Gasteiger partial charge on any atom is -0.379 e. The maximum Gasteiger partial charge on any atom is 0.0623 e. The predicted octanol–water partition coefficient (Wildman–Crippen LogP) is 2.08. The molecule has 0 radical (unpaired) electrons. The lowest BCUT2D eigenvalue weighted by Crippen LogP contribution is -2.45. The van der Waals surface area contributed by atoms with E-state index >= 15 is 0 Å². The van der Waals surface area contributed by atoms with Gasteiger partial charge in [-0.05, 0) is 24.1 Å². The highest BCUT2D eigenvalue weighted by Gasteiger charge is 2.30. The van der Waals surface area contributed by atoms with E-state index in [-0.39, 0.29) is 0 Å². The fourth-order valence-electron chi connectivity index (χ4n) is 2.82. The molecule has 20 heavy (non-hydrogen) atoms. The fraction of sp³-hybridized carbons (Fsp3) is 0.667. The molecule has 2 aliphatic heterocycles. The van der Waals surface area contributed by atoms with Crippen LogP contribution in [0, 0.1) is 5.92 Å². The van der Waals surface area contributed by atoms with Crippen molar-refractivity contribution in [3.63, 3.8) is 0 Å². The van der Waals surface area contributed by atoms with Crippen LogP contribution in [0.5, 0.6) is 0 Å². The van der Waals surface area contributed by atoms with Gasteiger partial charge in [0.2, 0.25) is 0 Å². The molecule has 2 saturated heterocycles. The van der Waals surface area contributed by atoms with E-state index in [1.165, 1.54) is 28.6 Å².